The highest BCUT2D eigenvalue weighted by Crippen LogP contribution is 2.24. The van der Waals surface area contributed by atoms with Gasteiger partial charge in [-0.3, -0.25) is 9.59 Å². The van der Waals surface area contributed by atoms with Gasteiger partial charge in [0.2, 0.25) is 11.8 Å². The predicted molar refractivity (Wildman–Crippen MR) is 106 cm³/mol. The highest BCUT2D eigenvalue weighted by atomic mass is 16.5. The van der Waals surface area contributed by atoms with Gasteiger partial charge in [-0.05, 0) is 41.8 Å². The van der Waals surface area contributed by atoms with E-state index in [0.29, 0.717) is 24.3 Å². The summed E-state index contributed by atoms with van der Waals surface area (Å²) >= 11 is 0. The van der Waals surface area contributed by atoms with Crippen LogP contribution in [0, 0.1) is 0 Å². The lowest BCUT2D eigenvalue weighted by atomic mass is 10.1. The number of hydrogen-bond donors (Lipinski definition) is 1. The van der Waals surface area contributed by atoms with Crippen molar-refractivity contribution in [1.29, 1.82) is 0 Å². The monoisotopic (exact) mass is 369 g/mol. The van der Waals surface area contributed by atoms with Crippen molar-refractivity contribution in [2.45, 2.75) is 18.9 Å². The SMILES string of the molecule is CN(C)C(=O)CCc1ccc(Oc2ccc(C(N)C(=O)N(C)C)cc2)cc1. The predicted octanol–water partition coefficient (Wildman–Crippen LogP) is 2.59. The average molecular weight is 369 g/mol. The van der Waals surface area contributed by atoms with Gasteiger partial charge in [0.15, 0.2) is 0 Å². The van der Waals surface area contributed by atoms with E-state index in [1.807, 2.05) is 24.3 Å². The quantitative estimate of drug-likeness (QED) is 0.814. The van der Waals surface area contributed by atoms with Gasteiger partial charge in [-0.1, -0.05) is 24.3 Å². The summed E-state index contributed by atoms with van der Waals surface area (Å²) in [5.41, 5.74) is 7.79. The second kappa shape index (κ2) is 9.19. The zero-order chi connectivity index (χ0) is 20.0. The molecule has 0 aliphatic rings. The van der Waals surface area contributed by atoms with Gasteiger partial charge in [0.05, 0.1) is 0 Å². The second-order valence-corrected chi connectivity index (χ2v) is 6.81. The first-order chi connectivity index (χ1) is 12.8. The average Bonchev–Trinajstić information content (AvgIpc) is 2.66. The molecule has 1 unspecified atom stereocenters. The third-order valence-corrected chi connectivity index (χ3v) is 4.23. The molecule has 144 valence electrons. The van der Waals surface area contributed by atoms with E-state index in [9.17, 15) is 9.59 Å². The fourth-order valence-electron chi connectivity index (χ4n) is 2.50. The van der Waals surface area contributed by atoms with Gasteiger partial charge in [-0.25, -0.2) is 0 Å². The Morgan fingerprint density at radius 1 is 0.889 bits per heavy atom. The maximum atomic E-state index is 11.9. The molecule has 2 rings (SSSR count). The molecule has 2 amide bonds. The van der Waals surface area contributed by atoms with Gasteiger partial charge in [0.25, 0.3) is 0 Å². The zero-order valence-corrected chi connectivity index (χ0v) is 16.3. The Morgan fingerprint density at radius 2 is 1.41 bits per heavy atom. The van der Waals surface area contributed by atoms with E-state index in [1.165, 1.54) is 4.90 Å². The van der Waals surface area contributed by atoms with Crippen LogP contribution in [0.5, 0.6) is 11.5 Å². The number of nitrogens with two attached hydrogens (primary N) is 1. The number of benzene rings is 2. The molecule has 2 aromatic rings. The Balaban J connectivity index is 1.95. The Morgan fingerprint density at radius 3 is 1.89 bits per heavy atom. The van der Waals surface area contributed by atoms with E-state index in [4.69, 9.17) is 10.5 Å². The van der Waals surface area contributed by atoms with Gasteiger partial charge >= 0.3 is 0 Å². The van der Waals surface area contributed by atoms with E-state index in [1.54, 1.807) is 57.4 Å². The molecule has 2 N–H and O–H groups in total. The number of carbonyl (C=O) groups is 2. The Bertz CT molecular complexity index is 768. The maximum absolute atomic E-state index is 11.9. The number of likely N-dealkylation sites (N-methyl/N-ethyl adjacent to an activating group) is 1. The van der Waals surface area contributed by atoms with Crippen molar-refractivity contribution in [1.82, 2.24) is 9.80 Å². The standard InChI is InChI=1S/C21H27N3O3/c1-23(2)19(25)14-7-15-5-10-17(11-6-15)27-18-12-8-16(9-13-18)20(22)21(26)24(3)4/h5-6,8-13,20H,7,14,22H2,1-4H3. The third-order valence-electron chi connectivity index (χ3n) is 4.23. The first-order valence-corrected chi connectivity index (χ1v) is 8.81. The van der Waals surface area contributed by atoms with Crippen molar-refractivity contribution in [2.24, 2.45) is 5.73 Å². The minimum Gasteiger partial charge on any atom is -0.457 e. The molecule has 0 heterocycles. The highest BCUT2D eigenvalue weighted by molar-refractivity contribution is 5.82. The van der Waals surface area contributed by atoms with Gasteiger partial charge in [0, 0.05) is 34.6 Å². The van der Waals surface area contributed by atoms with Crippen LogP contribution in [-0.4, -0.2) is 49.8 Å². The molecular formula is C21H27N3O3. The van der Waals surface area contributed by atoms with Crippen molar-refractivity contribution in [2.75, 3.05) is 28.2 Å². The Hall–Kier alpha value is -2.86. The molecule has 6 heteroatoms. The molecule has 0 bridgehead atoms. The molecule has 0 aliphatic heterocycles. The first-order valence-electron chi connectivity index (χ1n) is 8.81. The number of rotatable bonds is 7. The molecule has 0 saturated heterocycles. The topological polar surface area (TPSA) is 75.9 Å². The summed E-state index contributed by atoms with van der Waals surface area (Å²) in [5.74, 6) is 1.34. The van der Waals surface area contributed by atoms with Crippen molar-refractivity contribution in [3.63, 3.8) is 0 Å². The van der Waals surface area contributed by atoms with Crippen LogP contribution in [0.25, 0.3) is 0 Å². The molecule has 0 fully saturated rings. The molecule has 0 spiro atoms. The van der Waals surface area contributed by atoms with E-state index < -0.39 is 6.04 Å². The summed E-state index contributed by atoms with van der Waals surface area (Å²) in [4.78, 5) is 26.6. The van der Waals surface area contributed by atoms with Crippen LogP contribution in [0.3, 0.4) is 0 Å². The lowest BCUT2D eigenvalue weighted by Gasteiger charge is -2.17. The normalized spacial score (nSPS) is 11.6. The van der Waals surface area contributed by atoms with Crippen molar-refractivity contribution >= 4 is 11.8 Å². The van der Waals surface area contributed by atoms with Crippen LogP contribution in [0.4, 0.5) is 0 Å². The summed E-state index contributed by atoms with van der Waals surface area (Å²) in [6.07, 6.45) is 1.18. The molecule has 27 heavy (non-hydrogen) atoms. The van der Waals surface area contributed by atoms with Crippen LogP contribution in [0.1, 0.15) is 23.6 Å². The largest absolute Gasteiger partial charge is 0.457 e. The molecular weight excluding hydrogens is 342 g/mol. The van der Waals surface area contributed by atoms with Crippen LogP contribution in [0.2, 0.25) is 0 Å². The number of carbonyl (C=O) groups excluding carboxylic acids is 2. The van der Waals surface area contributed by atoms with Crippen LogP contribution < -0.4 is 10.5 Å². The molecule has 0 saturated carbocycles. The van der Waals surface area contributed by atoms with E-state index in [2.05, 4.69) is 0 Å². The van der Waals surface area contributed by atoms with E-state index >= 15 is 0 Å². The molecule has 1 atom stereocenters. The number of nitrogens with zero attached hydrogens (tertiary/aromatic N) is 2. The minimum absolute atomic E-state index is 0.112. The highest BCUT2D eigenvalue weighted by Gasteiger charge is 2.17. The van der Waals surface area contributed by atoms with E-state index in [0.717, 1.165) is 11.1 Å². The molecule has 6 nitrogen and oxygen atoms in total. The van der Waals surface area contributed by atoms with Crippen LogP contribution in [-0.2, 0) is 16.0 Å². The lowest BCUT2D eigenvalue weighted by molar-refractivity contribution is -0.130. The van der Waals surface area contributed by atoms with Crippen LogP contribution in [0.15, 0.2) is 48.5 Å². The summed E-state index contributed by atoms with van der Waals surface area (Å²) in [6, 6.07) is 14.2. The van der Waals surface area contributed by atoms with Gasteiger partial charge < -0.3 is 20.3 Å². The Labute approximate surface area is 160 Å². The lowest BCUT2D eigenvalue weighted by Crippen LogP contribution is -2.33. The zero-order valence-electron chi connectivity index (χ0n) is 16.3. The van der Waals surface area contributed by atoms with Crippen molar-refractivity contribution < 1.29 is 14.3 Å². The summed E-state index contributed by atoms with van der Waals surface area (Å²) in [5, 5.41) is 0. The van der Waals surface area contributed by atoms with Crippen molar-refractivity contribution in [3.8, 4) is 11.5 Å². The maximum Gasteiger partial charge on any atom is 0.243 e. The number of amides is 2. The number of aryl methyl sites for hydroxylation is 1. The second-order valence-electron chi connectivity index (χ2n) is 6.81. The third kappa shape index (κ3) is 5.82. The number of ether oxygens (including phenoxy) is 1. The summed E-state index contributed by atoms with van der Waals surface area (Å²) < 4.78 is 5.83. The molecule has 2 aromatic carbocycles. The number of hydrogen-bond acceptors (Lipinski definition) is 4. The Kier molecular flexibility index (Phi) is 6.96. The molecule has 0 aliphatic carbocycles. The minimum atomic E-state index is -0.682. The van der Waals surface area contributed by atoms with Gasteiger partial charge in [-0.15, -0.1) is 0 Å². The first kappa shape index (κ1) is 20.5. The molecule has 0 aromatic heterocycles. The molecule has 0 radical (unpaired) electrons. The van der Waals surface area contributed by atoms with Crippen LogP contribution >= 0.6 is 0 Å². The fourth-order valence-corrected chi connectivity index (χ4v) is 2.50. The van der Waals surface area contributed by atoms with E-state index in [-0.39, 0.29) is 11.8 Å². The smallest absolute Gasteiger partial charge is 0.243 e. The fraction of sp³-hybridized carbons (Fsp3) is 0.333. The summed E-state index contributed by atoms with van der Waals surface area (Å²) in [7, 11) is 6.88. The van der Waals surface area contributed by atoms with Crippen molar-refractivity contribution in [3.05, 3.63) is 59.7 Å². The van der Waals surface area contributed by atoms with Gasteiger partial charge in [0.1, 0.15) is 17.5 Å². The summed E-state index contributed by atoms with van der Waals surface area (Å²) in [6.45, 7) is 0. The van der Waals surface area contributed by atoms with Gasteiger partial charge in [-0.2, -0.15) is 0 Å².